The number of halogens is 3. The Morgan fingerprint density at radius 3 is 2.55 bits per heavy atom. The third-order valence-electron chi connectivity index (χ3n) is 2.63. The molecule has 1 atom stereocenters. The van der Waals surface area contributed by atoms with E-state index >= 15 is 0 Å². The number of carbonyl (C=O) groups is 2. The summed E-state index contributed by atoms with van der Waals surface area (Å²) < 4.78 is 31.7. The van der Waals surface area contributed by atoms with Gasteiger partial charge in [0.25, 0.3) is 5.91 Å². The molecule has 1 saturated heterocycles. The van der Waals surface area contributed by atoms with Crippen LogP contribution in [-0.2, 0) is 9.63 Å². The van der Waals surface area contributed by atoms with Gasteiger partial charge in [-0.2, -0.15) is 18.7 Å². The molecule has 122 valence electrons. The maximum Gasteiger partial charge on any atom is 0.490 e. The maximum absolute atomic E-state index is 11.4. The molecule has 1 aliphatic heterocycles. The standard InChI is InChI=1S/C10H13N3O2.C2HF3O2/c1-11-10(14)8-4-7(5-12-6-8)9-2-3-15-13-9;3-2(4,5)1(6)7/h4-6,9,13H,2-3H2,1H3,(H,11,14);(H,6,7). The van der Waals surface area contributed by atoms with Gasteiger partial charge >= 0.3 is 12.1 Å². The lowest BCUT2D eigenvalue weighted by molar-refractivity contribution is -0.192. The molecule has 0 radical (unpaired) electrons. The molecule has 1 aromatic heterocycles. The number of pyridine rings is 1. The second-order valence-corrected chi connectivity index (χ2v) is 4.20. The lowest BCUT2D eigenvalue weighted by atomic mass is 10.1. The van der Waals surface area contributed by atoms with E-state index < -0.39 is 12.1 Å². The number of amides is 1. The van der Waals surface area contributed by atoms with Crippen molar-refractivity contribution in [2.45, 2.75) is 18.6 Å². The SMILES string of the molecule is CNC(=O)c1cncc(C2CCON2)c1.O=C(O)C(F)(F)F. The molecule has 1 aromatic rings. The summed E-state index contributed by atoms with van der Waals surface area (Å²) in [7, 11) is 1.60. The van der Waals surface area contributed by atoms with E-state index in [-0.39, 0.29) is 11.9 Å². The first-order valence-electron chi connectivity index (χ1n) is 6.10. The fraction of sp³-hybridized carbons (Fsp3) is 0.417. The predicted molar refractivity (Wildman–Crippen MR) is 67.8 cm³/mol. The first-order chi connectivity index (χ1) is 10.3. The zero-order valence-electron chi connectivity index (χ0n) is 11.5. The van der Waals surface area contributed by atoms with E-state index in [0.29, 0.717) is 12.2 Å². The third-order valence-corrected chi connectivity index (χ3v) is 2.63. The van der Waals surface area contributed by atoms with Gasteiger partial charge in [0.1, 0.15) is 0 Å². The van der Waals surface area contributed by atoms with E-state index in [9.17, 15) is 18.0 Å². The Bertz CT molecular complexity index is 531. The molecule has 0 aromatic carbocycles. The number of carboxylic acid groups (broad SMARTS) is 1. The van der Waals surface area contributed by atoms with E-state index in [0.717, 1.165) is 12.0 Å². The second-order valence-electron chi connectivity index (χ2n) is 4.20. The highest BCUT2D eigenvalue weighted by Crippen LogP contribution is 2.20. The van der Waals surface area contributed by atoms with Crippen LogP contribution in [0, 0.1) is 0 Å². The molecule has 2 rings (SSSR count). The average molecular weight is 321 g/mol. The summed E-state index contributed by atoms with van der Waals surface area (Å²) in [5.41, 5.74) is 4.44. The minimum absolute atomic E-state index is 0.122. The number of aromatic nitrogens is 1. The fourth-order valence-corrected chi connectivity index (χ4v) is 1.55. The first-order valence-corrected chi connectivity index (χ1v) is 6.10. The van der Waals surface area contributed by atoms with Crippen LogP contribution in [0.4, 0.5) is 13.2 Å². The van der Waals surface area contributed by atoms with Crippen molar-refractivity contribution in [2.24, 2.45) is 0 Å². The Morgan fingerprint density at radius 2 is 2.09 bits per heavy atom. The Kier molecular flexibility index (Phi) is 6.25. The van der Waals surface area contributed by atoms with E-state index in [2.05, 4.69) is 15.8 Å². The number of nitrogens with zero attached hydrogens (tertiary/aromatic N) is 1. The van der Waals surface area contributed by atoms with Crippen molar-refractivity contribution in [3.63, 3.8) is 0 Å². The van der Waals surface area contributed by atoms with Crippen LogP contribution in [0.25, 0.3) is 0 Å². The van der Waals surface area contributed by atoms with Crippen LogP contribution >= 0.6 is 0 Å². The molecule has 7 nitrogen and oxygen atoms in total. The number of aliphatic carboxylic acids is 1. The quantitative estimate of drug-likeness (QED) is 0.752. The van der Waals surface area contributed by atoms with Crippen LogP contribution in [0.3, 0.4) is 0 Å². The number of carbonyl (C=O) groups excluding carboxylic acids is 1. The summed E-state index contributed by atoms with van der Waals surface area (Å²) in [6, 6.07) is 1.97. The zero-order chi connectivity index (χ0) is 16.8. The van der Waals surface area contributed by atoms with Crippen LogP contribution in [0.1, 0.15) is 28.4 Å². The summed E-state index contributed by atoms with van der Waals surface area (Å²) in [5.74, 6) is -2.88. The molecule has 0 spiro atoms. The summed E-state index contributed by atoms with van der Waals surface area (Å²) in [6.07, 6.45) is -0.879. The molecule has 1 aliphatic rings. The van der Waals surface area contributed by atoms with Crippen molar-refractivity contribution in [3.05, 3.63) is 29.6 Å². The summed E-state index contributed by atoms with van der Waals surface area (Å²) in [4.78, 5) is 29.4. The van der Waals surface area contributed by atoms with Gasteiger partial charge in [0.05, 0.1) is 18.2 Å². The number of hydroxylamine groups is 1. The Balaban J connectivity index is 0.000000295. The van der Waals surface area contributed by atoms with Crippen molar-refractivity contribution in [3.8, 4) is 0 Å². The molecule has 1 unspecified atom stereocenters. The summed E-state index contributed by atoms with van der Waals surface area (Å²) >= 11 is 0. The third kappa shape index (κ3) is 5.30. The van der Waals surface area contributed by atoms with Crippen molar-refractivity contribution in [2.75, 3.05) is 13.7 Å². The lowest BCUT2D eigenvalue weighted by Crippen LogP contribution is -2.21. The molecule has 2 heterocycles. The van der Waals surface area contributed by atoms with E-state index in [4.69, 9.17) is 14.7 Å². The number of alkyl halides is 3. The fourth-order valence-electron chi connectivity index (χ4n) is 1.55. The van der Waals surface area contributed by atoms with E-state index in [1.165, 1.54) is 0 Å². The van der Waals surface area contributed by atoms with E-state index in [1.807, 2.05) is 6.07 Å². The molecule has 1 fully saturated rings. The second kappa shape index (κ2) is 7.71. The van der Waals surface area contributed by atoms with Crippen LogP contribution in [0.2, 0.25) is 0 Å². The van der Waals surface area contributed by atoms with E-state index in [1.54, 1.807) is 19.4 Å². The molecular formula is C12H14F3N3O4. The highest BCUT2D eigenvalue weighted by molar-refractivity contribution is 5.93. The zero-order valence-corrected chi connectivity index (χ0v) is 11.5. The number of hydrogen-bond donors (Lipinski definition) is 3. The van der Waals surface area contributed by atoms with Gasteiger partial charge < -0.3 is 15.3 Å². The normalized spacial score (nSPS) is 17.4. The number of nitrogens with one attached hydrogen (secondary N) is 2. The van der Waals surface area contributed by atoms with Gasteiger partial charge in [-0.05, 0) is 18.1 Å². The van der Waals surface area contributed by atoms with Crippen molar-refractivity contribution in [1.82, 2.24) is 15.8 Å². The minimum Gasteiger partial charge on any atom is -0.475 e. The van der Waals surface area contributed by atoms with Gasteiger partial charge in [-0.1, -0.05) is 0 Å². The highest BCUT2D eigenvalue weighted by Gasteiger charge is 2.38. The van der Waals surface area contributed by atoms with Crippen LogP contribution in [-0.4, -0.2) is 41.8 Å². The highest BCUT2D eigenvalue weighted by atomic mass is 19.4. The lowest BCUT2D eigenvalue weighted by Gasteiger charge is -2.09. The van der Waals surface area contributed by atoms with Crippen LogP contribution in [0.15, 0.2) is 18.5 Å². The van der Waals surface area contributed by atoms with Gasteiger partial charge in [0.2, 0.25) is 0 Å². The Hall–Kier alpha value is -2.20. The monoisotopic (exact) mass is 321 g/mol. The Labute approximate surface area is 123 Å². The van der Waals surface area contributed by atoms with Crippen molar-refractivity contribution < 1.29 is 32.7 Å². The van der Waals surface area contributed by atoms with Crippen LogP contribution in [0.5, 0.6) is 0 Å². The van der Waals surface area contributed by atoms with Crippen molar-refractivity contribution in [1.29, 1.82) is 0 Å². The number of hydrogen-bond acceptors (Lipinski definition) is 5. The minimum atomic E-state index is -5.08. The smallest absolute Gasteiger partial charge is 0.475 e. The van der Waals surface area contributed by atoms with Crippen molar-refractivity contribution >= 4 is 11.9 Å². The molecule has 0 aliphatic carbocycles. The molecule has 0 bridgehead atoms. The topological polar surface area (TPSA) is 101 Å². The molecule has 22 heavy (non-hydrogen) atoms. The summed E-state index contributed by atoms with van der Waals surface area (Å²) in [5, 5.41) is 9.69. The molecule has 10 heteroatoms. The molecule has 1 amide bonds. The maximum atomic E-state index is 11.4. The van der Waals surface area contributed by atoms with Gasteiger partial charge in [-0.3, -0.25) is 9.78 Å². The molecular weight excluding hydrogens is 307 g/mol. The average Bonchev–Trinajstić information content (AvgIpc) is 3.00. The predicted octanol–water partition coefficient (Wildman–Crippen LogP) is 1.04. The summed E-state index contributed by atoms with van der Waals surface area (Å²) in [6.45, 7) is 0.689. The first kappa shape index (κ1) is 17.9. The number of carboxylic acids is 1. The van der Waals surface area contributed by atoms with Gasteiger partial charge in [0, 0.05) is 19.4 Å². The van der Waals surface area contributed by atoms with Gasteiger partial charge in [-0.25, -0.2) is 4.79 Å². The molecule has 3 N–H and O–H groups in total. The van der Waals surface area contributed by atoms with Gasteiger partial charge in [0.15, 0.2) is 0 Å². The largest absolute Gasteiger partial charge is 0.490 e. The number of rotatable bonds is 2. The molecule has 0 saturated carbocycles. The van der Waals surface area contributed by atoms with Gasteiger partial charge in [-0.15, -0.1) is 0 Å². The van der Waals surface area contributed by atoms with Crippen LogP contribution < -0.4 is 10.8 Å². The Morgan fingerprint density at radius 1 is 1.45 bits per heavy atom.